The van der Waals surface area contributed by atoms with Gasteiger partial charge in [0.25, 0.3) is 5.91 Å². The van der Waals surface area contributed by atoms with E-state index in [-0.39, 0.29) is 18.1 Å². The molecule has 0 spiro atoms. The van der Waals surface area contributed by atoms with E-state index in [4.69, 9.17) is 4.74 Å². The average Bonchev–Trinajstić information content (AvgIpc) is 2.40. The van der Waals surface area contributed by atoms with Gasteiger partial charge in [-0.05, 0) is 25.1 Å². The highest BCUT2D eigenvalue weighted by atomic mass is 16.5. The second-order valence-corrected chi connectivity index (χ2v) is 4.21. The number of amides is 1. The van der Waals surface area contributed by atoms with Crippen LogP contribution in [0.5, 0.6) is 0 Å². The lowest BCUT2D eigenvalue weighted by Crippen LogP contribution is -2.53. The van der Waals surface area contributed by atoms with Gasteiger partial charge in [0.15, 0.2) is 0 Å². The maximum absolute atomic E-state index is 12.0. The number of piperidine rings is 1. The van der Waals surface area contributed by atoms with Crippen LogP contribution in [0.15, 0.2) is 30.3 Å². The first-order chi connectivity index (χ1) is 8.31. The fourth-order valence-corrected chi connectivity index (χ4v) is 2.08. The maximum atomic E-state index is 12.0. The monoisotopic (exact) mass is 234 g/mol. The Bertz CT molecular complexity index is 367. The number of benzene rings is 1. The van der Waals surface area contributed by atoms with Gasteiger partial charge in [0.2, 0.25) is 0 Å². The molecule has 1 amide bonds. The Hall–Kier alpha value is -1.39. The number of nitrogens with one attached hydrogen (secondary N) is 2. The Morgan fingerprint density at radius 2 is 2.18 bits per heavy atom. The lowest BCUT2D eigenvalue weighted by Gasteiger charge is -2.31. The summed E-state index contributed by atoms with van der Waals surface area (Å²) >= 11 is 0. The highest BCUT2D eigenvalue weighted by molar-refractivity contribution is 5.94. The predicted octanol–water partition coefficient (Wildman–Crippen LogP) is 0.793. The molecule has 4 heteroatoms. The average molecular weight is 234 g/mol. The standard InChI is InChI=1S/C13H18N2O2/c1-17-12-9-14-8-7-11(12)15-13(16)10-5-3-2-4-6-10/h2-6,11-12,14H,7-9H2,1H3,(H,15,16)/t11-,12+/m1/s1. The van der Waals surface area contributed by atoms with Gasteiger partial charge in [-0.15, -0.1) is 0 Å². The second-order valence-electron chi connectivity index (χ2n) is 4.21. The summed E-state index contributed by atoms with van der Waals surface area (Å²) in [6.07, 6.45) is 0.952. The number of rotatable bonds is 3. The van der Waals surface area contributed by atoms with Crippen molar-refractivity contribution < 1.29 is 9.53 Å². The third-order valence-electron chi connectivity index (χ3n) is 3.08. The molecule has 17 heavy (non-hydrogen) atoms. The summed E-state index contributed by atoms with van der Waals surface area (Å²) in [5, 5.41) is 6.28. The summed E-state index contributed by atoms with van der Waals surface area (Å²) < 4.78 is 5.36. The molecule has 2 atom stereocenters. The Balaban J connectivity index is 1.98. The van der Waals surface area contributed by atoms with Gasteiger partial charge >= 0.3 is 0 Å². The van der Waals surface area contributed by atoms with Crippen LogP contribution >= 0.6 is 0 Å². The largest absolute Gasteiger partial charge is 0.378 e. The van der Waals surface area contributed by atoms with Crippen LogP contribution in [-0.4, -0.2) is 38.3 Å². The summed E-state index contributed by atoms with van der Waals surface area (Å²) in [6.45, 7) is 1.70. The molecule has 92 valence electrons. The van der Waals surface area contributed by atoms with Crippen LogP contribution in [-0.2, 0) is 4.74 Å². The molecule has 1 aliphatic heterocycles. The van der Waals surface area contributed by atoms with Crippen LogP contribution in [0.2, 0.25) is 0 Å². The van der Waals surface area contributed by atoms with Gasteiger partial charge in [0.05, 0.1) is 12.1 Å². The van der Waals surface area contributed by atoms with E-state index in [1.54, 1.807) is 7.11 Å². The minimum atomic E-state index is -0.0282. The van der Waals surface area contributed by atoms with E-state index in [0.29, 0.717) is 5.56 Å². The van der Waals surface area contributed by atoms with E-state index >= 15 is 0 Å². The van der Waals surface area contributed by atoms with Crippen molar-refractivity contribution in [2.75, 3.05) is 20.2 Å². The Labute approximate surface area is 101 Å². The van der Waals surface area contributed by atoms with E-state index < -0.39 is 0 Å². The normalized spacial score (nSPS) is 24.3. The smallest absolute Gasteiger partial charge is 0.251 e. The fraction of sp³-hybridized carbons (Fsp3) is 0.462. The summed E-state index contributed by atoms with van der Waals surface area (Å²) in [6, 6.07) is 9.36. The first kappa shape index (κ1) is 12.1. The molecular weight excluding hydrogens is 216 g/mol. The summed E-state index contributed by atoms with van der Waals surface area (Å²) in [4.78, 5) is 12.0. The van der Waals surface area contributed by atoms with Crippen LogP contribution in [0.1, 0.15) is 16.8 Å². The number of hydrogen-bond donors (Lipinski definition) is 2. The number of methoxy groups -OCH3 is 1. The molecule has 4 nitrogen and oxygen atoms in total. The minimum Gasteiger partial charge on any atom is -0.378 e. The van der Waals surface area contributed by atoms with E-state index in [1.807, 2.05) is 30.3 Å². The molecule has 2 rings (SSSR count). The summed E-state index contributed by atoms with van der Waals surface area (Å²) in [5.74, 6) is -0.0282. The SMILES string of the molecule is CO[C@H]1CNCC[C@H]1NC(=O)c1ccccc1. The molecular formula is C13H18N2O2. The van der Waals surface area contributed by atoms with Gasteiger partial charge in [0.1, 0.15) is 0 Å². The van der Waals surface area contributed by atoms with Gasteiger partial charge in [-0.2, -0.15) is 0 Å². The molecule has 1 saturated heterocycles. The molecule has 1 aromatic rings. The number of carbonyl (C=O) groups excluding carboxylic acids is 1. The van der Waals surface area contributed by atoms with E-state index in [1.165, 1.54) is 0 Å². The first-order valence-corrected chi connectivity index (χ1v) is 5.90. The van der Waals surface area contributed by atoms with Crippen LogP contribution < -0.4 is 10.6 Å². The summed E-state index contributed by atoms with van der Waals surface area (Å²) in [5.41, 5.74) is 0.695. The van der Waals surface area contributed by atoms with Crippen molar-refractivity contribution in [3.63, 3.8) is 0 Å². The molecule has 0 bridgehead atoms. The molecule has 0 aromatic heterocycles. The molecule has 1 aliphatic rings. The van der Waals surface area contributed by atoms with Crippen LogP contribution in [0.25, 0.3) is 0 Å². The number of hydrogen-bond acceptors (Lipinski definition) is 3. The maximum Gasteiger partial charge on any atom is 0.251 e. The molecule has 0 unspecified atom stereocenters. The zero-order valence-electron chi connectivity index (χ0n) is 9.98. The van der Waals surface area contributed by atoms with Crippen molar-refractivity contribution in [1.29, 1.82) is 0 Å². The molecule has 0 aliphatic carbocycles. The van der Waals surface area contributed by atoms with Gasteiger partial charge in [0, 0.05) is 19.2 Å². The number of ether oxygens (including phenoxy) is 1. The Kier molecular flexibility index (Phi) is 4.12. The van der Waals surface area contributed by atoms with Crippen molar-refractivity contribution in [3.05, 3.63) is 35.9 Å². The first-order valence-electron chi connectivity index (χ1n) is 5.90. The molecule has 0 radical (unpaired) electrons. The molecule has 2 N–H and O–H groups in total. The lowest BCUT2D eigenvalue weighted by molar-refractivity contribution is 0.0476. The van der Waals surface area contributed by atoms with Crippen molar-refractivity contribution in [2.45, 2.75) is 18.6 Å². The third-order valence-corrected chi connectivity index (χ3v) is 3.08. The van der Waals surface area contributed by atoms with Crippen LogP contribution in [0, 0.1) is 0 Å². The van der Waals surface area contributed by atoms with Crippen molar-refractivity contribution in [2.24, 2.45) is 0 Å². The Morgan fingerprint density at radius 3 is 2.88 bits per heavy atom. The Morgan fingerprint density at radius 1 is 1.41 bits per heavy atom. The van der Waals surface area contributed by atoms with E-state index in [0.717, 1.165) is 19.5 Å². The zero-order chi connectivity index (χ0) is 12.1. The topological polar surface area (TPSA) is 50.4 Å². The van der Waals surface area contributed by atoms with Crippen molar-refractivity contribution >= 4 is 5.91 Å². The zero-order valence-corrected chi connectivity index (χ0v) is 9.98. The summed E-state index contributed by atoms with van der Waals surface area (Å²) in [7, 11) is 1.68. The molecule has 1 fully saturated rings. The van der Waals surface area contributed by atoms with Crippen molar-refractivity contribution in [1.82, 2.24) is 10.6 Å². The van der Waals surface area contributed by atoms with E-state index in [9.17, 15) is 4.79 Å². The quantitative estimate of drug-likeness (QED) is 0.813. The van der Waals surface area contributed by atoms with Gasteiger partial charge < -0.3 is 15.4 Å². The van der Waals surface area contributed by atoms with Gasteiger partial charge in [-0.1, -0.05) is 18.2 Å². The second kappa shape index (κ2) is 5.80. The third kappa shape index (κ3) is 3.05. The molecule has 1 aromatic carbocycles. The van der Waals surface area contributed by atoms with Gasteiger partial charge in [-0.3, -0.25) is 4.79 Å². The highest BCUT2D eigenvalue weighted by Crippen LogP contribution is 2.08. The fourth-order valence-electron chi connectivity index (χ4n) is 2.08. The lowest BCUT2D eigenvalue weighted by atomic mass is 10.0. The predicted molar refractivity (Wildman–Crippen MR) is 66.0 cm³/mol. The van der Waals surface area contributed by atoms with E-state index in [2.05, 4.69) is 10.6 Å². The van der Waals surface area contributed by atoms with Crippen LogP contribution in [0.3, 0.4) is 0 Å². The highest BCUT2D eigenvalue weighted by Gasteiger charge is 2.26. The number of carbonyl (C=O) groups is 1. The van der Waals surface area contributed by atoms with Gasteiger partial charge in [-0.25, -0.2) is 0 Å². The van der Waals surface area contributed by atoms with Crippen LogP contribution in [0.4, 0.5) is 0 Å². The molecule has 1 heterocycles. The minimum absolute atomic E-state index is 0.0282. The molecule has 0 saturated carbocycles. The van der Waals surface area contributed by atoms with Crippen molar-refractivity contribution in [3.8, 4) is 0 Å².